The highest BCUT2D eigenvalue weighted by Crippen LogP contribution is 2.33. The Labute approximate surface area is 225 Å². The van der Waals surface area contributed by atoms with Gasteiger partial charge in [-0.3, -0.25) is 9.20 Å². The van der Waals surface area contributed by atoms with E-state index in [0.717, 1.165) is 71.7 Å². The van der Waals surface area contributed by atoms with Crippen LogP contribution in [0, 0.1) is 12.7 Å². The molecule has 0 bridgehead atoms. The highest BCUT2D eigenvalue weighted by atomic mass is 32.1. The number of aromatic nitrogens is 2. The maximum Gasteiger partial charge on any atom is 0.251 e. The van der Waals surface area contributed by atoms with Crippen LogP contribution in [-0.4, -0.2) is 59.1 Å². The number of carbonyl (C=O) groups excluding carboxylic acids is 1. The molecule has 1 atom stereocenters. The topological polar surface area (TPSA) is 61.7 Å². The molecule has 0 radical (unpaired) electrons. The van der Waals surface area contributed by atoms with Crippen molar-refractivity contribution >= 4 is 32.4 Å². The standard InChI is InChI=1S/C29H33F2N5OS/c1-18-14-26-27(16-22(18)28(37)33-10-3-11-35-12-7-20(30)8-13-35)38-29-34-25(17-36(26)29)21-6-5-19(15-23(21)31)24-4-2-9-32-24/h5-6,14-17,20,24,32H,2-4,7-13H2,1H3,(H,33,37). The van der Waals surface area contributed by atoms with Crippen LogP contribution in [0.25, 0.3) is 26.4 Å². The number of likely N-dealkylation sites (tertiary alicyclic amines) is 1. The third-order valence-electron chi connectivity index (χ3n) is 7.87. The van der Waals surface area contributed by atoms with E-state index in [1.165, 1.54) is 11.3 Å². The van der Waals surface area contributed by atoms with E-state index in [0.29, 0.717) is 36.2 Å². The molecule has 2 aliphatic rings. The molecule has 0 spiro atoms. The molecule has 2 N–H and O–H groups in total. The molecule has 9 heteroatoms. The van der Waals surface area contributed by atoms with Crippen molar-refractivity contribution < 1.29 is 13.6 Å². The van der Waals surface area contributed by atoms with Crippen LogP contribution in [0.2, 0.25) is 0 Å². The quantitative estimate of drug-likeness (QED) is 0.300. The second-order valence-corrected chi connectivity index (χ2v) is 11.5. The zero-order valence-corrected chi connectivity index (χ0v) is 22.4. The minimum Gasteiger partial charge on any atom is -0.352 e. The summed E-state index contributed by atoms with van der Waals surface area (Å²) in [5.41, 5.74) is 4.59. The Bertz CT molecular complexity index is 1470. The lowest BCUT2D eigenvalue weighted by Crippen LogP contribution is -2.36. The first-order valence-electron chi connectivity index (χ1n) is 13.6. The first kappa shape index (κ1) is 25.4. The Hall–Kier alpha value is -2.88. The Kier molecular flexibility index (Phi) is 7.16. The molecule has 38 heavy (non-hydrogen) atoms. The predicted molar refractivity (Wildman–Crippen MR) is 148 cm³/mol. The number of benzene rings is 2. The van der Waals surface area contributed by atoms with Gasteiger partial charge in [0.1, 0.15) is 12.0 Å². The SMILES string of the molecule is Cc1cc2c(cc1C(=O)NCCCN1CCC(F)CC1)sc1nc(-c3ccc(C4CCCN4)cc3F)cn12. The lowest BCUT2D eigenvalue weighted by Gasteiger charge is -2.28. The third-order valence-corrected chi connectivity index (χ3v) is 8.89. The minimum atomic E-state index is -0.665. The van der Waals surface area contributed by atoms with Crippen molar-refractivity contribution in [1.29, 1.82) is 0 Å². The number of nitrogens with zero attached hydrogens (tertiary/aromatic N) is 3. The maximum atomic E-state index is 15.1. The number of carbonyl (C=O) groups is 1. The van der Waals surface area contributed by atoms with E-state index in [-0.39, 0.29) is 17.8 Å². The molecule has 2 aliphatic heterocycles. The van der Waals surface area contributed by atoms with E-state index >= 15 is 4.39 Å². The number of imidazole rings is 1. The Morgan fingerprint density at radius 1 is 1.21 bits per heavy atom. The fourth-order valence-corrected chi connectivity index (χ4v) is 6.70. The van der Waals surface area contributed by atoms with Gasteiger partial charge in [0.25, 0.3) is 5.91 Å². The molecule has 2 aromatic carbocycles. The molecule has 2 aromatic heterocycles. The van der Waals surface area contributed by atoms with Gasteiger partial charge in [-0.1, -0.05) is 17.4 Å². The molecule has 0 aliphatic carbocycles. The van der Waals surface area contributed by atoms with Gasteiger partial charge < -0.3 is 15.5 Å². The summed E-state index contributed by atoms with van der Waals surface area (Å²) in [4.78, 5) is 20.7. The molecule has 4 heterocycles. The molecule has 200 valence electrons. The van der Waals surface area contributed by atoms with Gasteiger partial charge >= 0.3 is 0 Å². The second-order valence-electron chi connectivity index (χ2n) is 10.5. The summed E-state index contributed by atoms with van der Waals surface area (Å²) in [7, 11) is 0. The number of nitrogens with one attached hydrogen (secondary N) is 2. The average Bonchev–Trinajstić information content (AvgIpc) is 3.64. The largest absolute Gasteiger partial charge is 0.352 e. The normalized spacial score (nSPS) is 19.1. The van der Waals surface area contributed by atoms with Crippen molar-refractivity contribution in [2.75, 3.05) is 32.7 Å². The lowest BCUT2D eigenvalue weighted by molar-refractivity contribution is 0.0949. The molecule has 2 fully saturated rings. The fraction of sp³-hybridized carbons (Fsp3) is 0.448. The summed E-state index contributed by atoms with van der Waals surface area (Å²) >= 11 is 1.50. The van der Waals surface area contributed by atoms with Crippen molar-refractivity contribution in [3.05, 3.63) is 59.0 Å². The first-order valence-corrected chi connectivity index (χ1v) is 14.4. The number of hydrogen-bond acceptors (Lipinski definition) is 5. The third kappa shape index (κ3) is 5.07. The predicted octanol–water partition coefficient (Wildman–Crippen LogP) is 5.64. The number of fused-ring (bicyclic) bond motifs is 3. The van der Waals surface area contributed by atoms with Crippen LogP contribution in [0.5, 0.6) is 0 Å². The van der Waals surface area contributed by atoms with E-state index in [1.807, 2.05) is 41.8 Å². The number of thiazole rings is 1. The molecule has 1 amide bonds. The molecular weight excluding hydrogens is 504 g/mol. The number of aryl methyl sites for hydroxylation is 1. The Balaban J connectivity index is 1.15. The smallest absolute Gasteiger partial charge is 0.251 e. The highest BCUT2D eigenvalue weighted by Gasteiger charge is 2.21. The van der Waals surface area contributed by atoms with Crippen LogP contribution >= 0.6 is 11.3 Å². The first-order chi connectivity index (χ1) is 18.5. The van der Waals surface area contributed by atoms with Gasteiger partial charge in [-0.2, -0.15) is 0 Å². The number of halogens is 2. The number of hydrogen-bond donors (Lipinski definition) is 2. The molecule has 6 rings (SSSR count). The van der Waals surface area contributed by atoms with Gasteiger partial charge in [0.2, 0.25) is 0 Å². The van der Waals surface area contributed by atoms with Crippen molar-refractivity contribution in [3.63, 3.8) is 0 Å². The monoisotopic (exact) mass is 537 g/mol. The summed E-state index contributed by atoms with van der Waals surface area (Å²) in [5, 5.41) is 6.46. The van der Waals surface area contributed by atoms with Gasteiger partial charge in [-0.25, -0.2) is 13.8 Å². The van der Waals surface area contributed by atoms with Crippen LogP contribution in [0.1, 0.15) is 59.6 Å². The van der Waals surface area contributed by atoms with Crippen molar-refractivity contribution in [3.8, 4) is 11.3 Å². The summed E-state index contributed by atoms with van der Waals surface area (Å²) < 4.78 is 31.3. The second kappa shape index (κ2) is 10.7. The van der Waals surface area contributed by atoms with E-state index in [1.54, 1.807) is 6.07 Å². The van der Waals surface area contributed by atoms with Crippen LogP contribution in [-0.2, 0) is 0 Å². The Morgan fingerprint density at radius 3 is 2.82 bits per heavy atom. The zero-order valence-electron chi connectivity index (χ0n) is 21.6. The number of rotatable bonds is 7. The van der Waals surface area contributed by atoms with E-state index in [9.17, 15) is 9.18 Å². The van der Waals surface area contributed by atoms with Gasteiger partial charge in [0, 0.05) is 43.0 Å². The summed E-state index contributed by atoms with van der Waals surface area (Å²) in [6, 6.07) is 9.61. The summed E-state index contributed by atoms with van der Waals surface area (Å²) in [6.07, 6.45) is 5.42. The van der Waals surface area contributed by atoms with Crippen molar-refractivity contribution in [1.82, 2.24) is 24.9 Å². The van der Waals surface area contributed by atoms with E-state index in [4.69, 9.17) is 4.98 Å². The number of amides is 1. The van der Waals surface area contributed by atoms with Crippen molar-refractivity contribution in [2.45, 2.75) is 51.2 Å². The van der Waals surface area contributed by atoms with Crippen LogP contribution in [0.4, 0.5) is 8.78 Å². The van der Waals surface area contributed by atoms with Gasteiger partial charge in [-0.05, 0) is 87.5 Å². The number of alkyl halides is 1. The highest BCUT2D eigenvalue weighted by molar-refractivity contribution is 7.23. The Morgan fingerprint density at radius 2 is 2.05 bits per heavy atom. The zero-order chi connectivity index (χ0) is 26.2. The van der Waals surface area contributed by atoms with Crippen LogP contribution in [0.15, 0.2) is 36.5 Å². The van der Waals surface area contributed by atoms with Gasteiger partial charge in [0.05, 0.1) is 15.9 Å². The number of piperidine rings is 1. The molecule has 2 saturated heterocycles. The van der Waals surface area contributed by atoms with Crippen LogP contribution < -0.4 is 10.6 Å². The summed E-state index contributed by atoms with van der Waals surface area (Å²) in [5.74, 6) is -0.342. The van der Waals surface area contributed by atoms with E-state index in [2.05, 4.69) is 15.5 Å². The lowest BCUT2D eigenvalue weighted by atomic mass is 10.0. The van der Waals surface area contributed by atoms with E-state index < -0.39 is 6.17 Å². The molecule has 1 unspecified atom stereocenters. The van der Waals surface area contributed by atoms with Gasteiger partial charge in [0.15, 0.2) is 4.96 Å². The molecular formula is C29H33F2N5OS. The molecule has 0 saturated carbocycles. The minimum absolute atomic E-state index is 0.0856. The summed E-state index contributed by atoms with van der Waals surface area (Å²) in [6.45, 7) is 5.96. The van der Waals surface area contributed by atoms with Gasteiger partial charge in [-0.15, -0.1) is 0 Å². The maximum absolute atomic E-state index is 15.1. The molecule has 4 aromatic rings. The average molecular weight is 538 g/mol. The molecule has 6 nitrogen and oxygen atoms in total. The van der Waals surface area contributed by atoms with Crippen molar-refractivity contribution in [2.24, 2.45) is 0 Å². The fourth-order valence-electron chi connectivity index (χ4n) is 5.67. The van der Waals surface area contributed by atoms with Crippen LogP contribution in [0.3, 0.4) is 0 Å².